The molecule has 1 aromatic rings. The summed E-state index contributed by atoms with van der Waals surface area (Å²) >= 11 is 0. The van der Waals surface area contributed by atoms with Crippen LogP contribution in [0.4, 0.5) is 0 Å². The number of aliphatic hydroxyl groups excluding tert-OH is 2. The summed E-state index contributed by atoms with van der Waals surface area (Å²) in [6.45, 7) is 0. The lowest BCUT2D eigenvalue weighted by Crippen LogP contribution is -2.63. The van der Waals surface area contributed by atoms with Crippen LogP contribution in [0.25, 0.3) is 0 Å². The summed E-state index contributed by atoms with van der Waals surface area (Å²) in [6, 6.07) is 2.19. The van der Waals surface area contributed by atoms with Gasteiger partial charge in [0.1, 0.15) is 22.8 Å². The number of carboxylic acids is 1. The first-order valence-corrected chi connectivity index (χ1v) is 10.9. The highest BCUT2D eigenvalue weighted by molar-refractivity contribution is 6.23. The molecule has 0 heterocycles. The number of likely N-dealkylation sites (N-methyl/N-ethyl adjacent to an activating group) is 1. The number of hydrogen-bond acceptors (Lipinski definition) is 8. The minimum atomic E-state index is -2.68. The van der Waals surface area contributed by atoms with E-state index in [1.54, 1.807) is 14.1 Å². The first-order valence-electron chi connectivity index (χ1n) is 10.9. The smallest absolute Gasteiger partial charge is 0.342 e. The van der Waals surface area contributed by atoms with Gasteiger partial charge in [-0.1, -0.05) is 6.07 Å². The molecule has 1 fully saturated rings. The van der Waals surface area contributed by atoms with Crippen LogP contribution in [-0.2, 0) is 16.0 Å². The quantitative estimate of drug-likeness (QED) is 0.427. The number of phenols is 1. The van der Waals surface area contributed by atoms with Crippen LogP contribution in [-0.4, -0.2) is 73.7 Å². The monoisotopic (exact) mass is 455 g/mol. The Hall–Kier alpha value is -3.17. The molecular weight excluding hydrogens is 430 g/mol. The molecule has 9 nitrogen and oxygen atoms in total. The summed E-state index contributed by atoms with van der Waals surface area (Å²) in [5.41, 5.74) is -2.12. The number of fused-ring (bicyclic) bond motifs is 3. The zero-order valence-electron chi connectivity index (χ0n) is 18.2. The number of hydrogen-bond donors (Lipinski definition) is 5. The van der Waals surface area contributed by atoms with E-state index in [0.29, 0.717) is 17.9 Å². The lowest BCUT2D eigenvalue weighted by atomic mass is 9.58. The Morgan fingerprint density at radius 1 is 1.09 bits per heavy atom. The van der Waals surface area contributed by atoms with Crippen molar-refractivity contribution >= 4 is 17.5 Å². The van der Waals surface area contributed by atoms with Crippen molar-refractivity contribution in [2.45, 2.75) is 43.2 Å². The maximum Gasteiger partial charge on any atom is 0.342 e. The van der Waals surface area contributed by atoms with E-state index in [-0.39, 0.29) is 23.3 Å². The summed E-state index contributed by atoms with van der Waals surface area (Å²) in [5.74, 6) is -6.90. The van der Waals surface area contributed by atoms with E-state index in [1.807, 2.05) is 6.07 Å². The lowest BCUT2D eigenvalue weighted by molar-refractivity contribution is -0.151. The maximum atomic E-state index is 13.5. The second-order valence-electron chi connectivity index (χ2n) is 9.71. The molecule has 1 saturated carbocycles. The van der Waals surface area contributed by atoms with Crippen LogP contribution in [0.3, 0.4) is 0 Å². The van der Waals surface area contributed by atoms with Gasteiger partial charge in [0, 0.05) is 11.5 Å². The number of carbonyl (C=O) groups excluding carboxylic acids is 2. The molecule has 0 radical (unpaired) electrons. The van der Waals surface area contributed by atoms with Crippen molar-refractivity contribution in [3.8, 4) is 5.75 Å². The van der Waals surface area contributed by atoms with Crippen molar-refractivity contribution in [2.24, 2.45) is 11.8 Å². The zero-order valence-corrected chi connectivity index (χ0v) is 18.2. The molecule has 4 atom stereocenters. The first-order chi connectivity index (χ1) is 15.5. The molecule has 0 spiro atoms. The molecule has 5 rings (SSSR count). The number of aliphatic carboxylic acids is 1. The normalized spacial score (nSPS) is 31.5. The highest BCUT2D eigenvalue weighted by atomic mass is 16.4. The van der Waals surface area contributed by atoms with Gasteiger partial charge in [-0.15, -0.1) is 0 Å². The van der Waals surface area contributed by atoms with E-state index in [2.05, 4.69) is 0 Å². The van der Waals surface area contributed by atoms with Gasteiger partial charge in [-0.3, -0.25) is 14.5 Å². The first kappa shape index (κ1) is 21.7. The zero-order chi connectivity index (χ0) is 24.0. The molecule has 0 unspecified atom stereocenters. The summed E-state index contributed by atoms with van der Waals surface area (Å²) in [7, 11) is 3.13. The molecule has 0 saturated heterocycles. The predicted molar refractivity (Wildman–Crippen MR) is 114 cm³/mol. The average Bonchev–Trinajstić information content (AvgIpc) is 3.55. The highest BCUT2D eigenvalue weighted by Crippen LogP contribution is 2.54. The number of aliphatic hydroxyl groups is 3. The fraction of sp³-hybridized carbons (Fsp3) is 0.458. The standard InChI is InChI=1S/C24H25NO8/c1-25(2)18-13-8-10-7-12-11(9-3-4-9)5-6-14(26)16(12)19(27)15(10)21(29)24(13,33)22(30)17(20(18)28)23(31)32/h5-6,9-10,13,18,26,28-29,33H,3-4,7-8H2,1-2H3,(H,31,32)/t10-,13-,18-,24-/m0/s1. The van der Waals surface area contributed by atoms with Crippen molar-refractivity contribution in [2.75, 3.05) is 14.1 Å². The fourth-order valence-electron chi connectivity index (χ4n) is 6.02. The molecule has 4 aliphatic carbocycles. The van der Waals surface area contributed by atoms with E-state index in [4.69, 9.17) is 0 Å². The van der Waals surface area contributed by atoms with Crippen molar-refractivity contribution in [1.29, 1.82) is 0 Å². The largest absolute Gasteiger partial charge is 0.510 e. The van der Waals surface area contributed by atoms with E-state index >= 15 is 0 Å². The van der Waals surface area contributed by atoms with Crippen LogP contribution in [0.1, 0.15) is 46.7 Å². The number of allylic oxidation sites excluding steroid dienone is 1. The summed E-state index contributed by atoms with van der Waals surface area (Å²) < 4.78 is 0. The van der Waals surface area contributed by atoms with E-state index in [9.17, 15) is 39.9 Å². The van der Waals surface area contributed by atoms with Crippen LogP contribution in [0.2, 0.25) is 0 Å². The van der Waals surface area contributed by atoms with Crippen molar-refractivity contribution in [3.05, 3.63) is 51.5 Å². The molecule has 5 N–H and O–H groups in total. The van der Waals surface area contributed by atoms with Crippen LogP contribution in [0.5, 0.6) is 5.75 Å². The predicted octanol–water partition coefficient (Wildman–Crippen LogP) is 1.60. The van der Waals surface area contributed by atoms with Gasteiger partial charge in [0.05, 0.1) is 11.6 Å². The van der Waals surface area contributed by atoms with Crippen LogP contribution in [0.15, 0.2) is 34.8 Å². The van der Waals surface area contributed by atoms with Crippen molar-refractivity contribution in [3.63, 3.8) is 0 Å². The van der Waals surface area contributed by atoms with Gasteiger partial charge in [0.15, 0.2) is 11.4 Å². The van der Waals surface area contributed by atoms with Gasteiger partial charge >= 0.3 is 5.97 Å². The number of carbonyl (C=O) groups is 3. The number of ketones is 2. The van der Waals surface area contributed by atoms with E-state index in [1.165, 1.54) is 11.0 Å². The maximum absolute atomic E-state index is 13.5. The number of phenolic OH excluding ortho intramolecular Hbond substituents is 1. The van der Waals surface area contributed by atoms with Crippen molar-refractivity contribution < 1.29 is 39.9 Å². The van der Waals surface area contributed by atoms with Crippen LogP contribution >= 0.6 is 0 Å². The minimum Gasteiger partial charge on any atom is -0.510 e. The average molecular weight is 455 g/mol. The third-order valence-corrected chi connectivity index (χ3v) is 7.63. The third kappa shape index (κ3) is 2.75. The van der Waals surface area contributed by atoms with Crippen molar-refractivity contribution in [1.82, 2.24) is 4.90 Å². The van der Waals surface area contributed by atoms with E-state index in [0.717, 1.165) is 18.4 Å². The SMILES string of the molecule is CN(C)[C@@H]1C(O)=C(C(=O)O)C(=O)[C@@]2(O)C(O)=C3C(=O)c4c(O)ccc(C5CC5)c4C[C@H]3C[C@@H]12. The van der Waals surface area contributed by atoms with Gasteiger partial charge < -0.3 is 25.5 Å². The van der Waals surface area contributed by atoms with Gasteiger partial charge in [-0.2, -0.15) is 0 Å². The second-order valence-corrected chi connectivity index (χ2v) is 9.71. The minimum absolute atomic E-state index is 0.0588. The van der Waals surface area contributed by atoms with Crippen LogP contribution < -0.4 is 0 Å². The Bertz CT molecular complexity index is 1190. The van der Waals surface area contributed by atoms with E-state index < -0.39 is 58.1 Å². The fourth-order valence-corrected chi connectivity index (χ4v) is 6.02. The Labute approximate surface area is 189 Å². The molecule has 174 valence electrons. The number of rotatable bonds is 3. The topological polar surface area (TPSA) is 156 Å². The summed E-state index contributed by atoms with van der Waals surface area (Å²) in [4.78, 5) is 39.9. The summed E-state index contributed by atoms with van der Waals surface area (Å²) in [5, 5.41) is 53.4. The molecule has 4 aliphatic rings. The molecule has 0 aromatic heterocycles. The third-order valence-electron chi connectivity index (χ3n) is 7.63. The lowest BCUT2D eigenvalue weighted by Gasteiger charge is -2.50. The molecule has 0 aliphatic heterocycles. The second kappa shape index (κ2) is 6.91. The molecule has 33 heavy (non-hydrogen) atoms. The number of nitrogens with zero attached hydrogens (tertiary/aromatic N) is 1. The molecule has 9 heteroatoms. The van der Waals surface area contributed by atoms with Gasteiger partial charge in [-0.25, -0.2) is 4.79 Å². The highest BCUT2D eigenvalue weighted by Gasteiger charge is 2.63. The van der Waals surface area contributed by atoms with Gasteiger partial charge in [0.2, 0.25) is 5.78 Å². The molecule has 0 bridgehead atoms. The Kier molecular flexibility index (Phi) is 4.54. The molecular formula is C24H25NO8. The summed E-state index contributed by atoms with van der Waals surface area (Å²) in [6.07, 6.45) is 2.35. The Balaban J connectivity index is 1.73. The van der Waals surface area contributed by atoms with Gasteiger partial charge in [-0.05, 0) is 68.8 Å². The Morgan fingerprint density at radius 2 is 1.76 bits per heavy atom. The number of carboxylic acid groups (broad SMARTS) is 1. The van der Waals surface area contributed by atoms with Crippen LogP contribution in [0, 0.1) is 11.8 Å². The number of aromatic hydroxyl groups is 1. The Morgan fingerprint density at radius 3 is 2.33 bits per heavy atom. The molecule has 0 amide bonds. The number of Topliss-reactive ketones (excluding diaryl/α,β-unsaturated/α-hetero) is 2. The molecule has 1 aromatic carbocycles. The van der Waals surface area contributed by atoms with Gasteiger partial charge in [0.25, 0.3) is 0 Å². The number of benzene rings is 1.